The highest BCUT2D eigenvalue weighted by molar-refractivity contribution is 7.89. The van der Waals surface area contributed by atoms with Crippen molar-refractivity contribution in [3.05, 3.63) is 29.8 Å². The van der Waals surface area contributed by atoms with Gasteiger partial charge in [0.05, 0.1) is 17.1 Å². The largest absolute Gasteiger partial charge is 0.416 e. The Morgan fingerprint density at radius 3 is 2.42 bits per heavy atom. The standard InChI is InChI=1S/C14H17F3N2O3S.ClH/c15-14(16,17)10-1-3-12(4-2-10)23(21,22)19-6-11-5-18-7-13(11,8-19)9-20;/h1-4,11,18,20H,5-9H2;1H. The Morgan fingerprint density at radius 1 is 1.29 bits per heavy atom. The number of aliphatic hydroxyl groups excluding tert-OH is 1. The van der Waals surface area contributed by atoms with Gasteiger partial charge in [0.15, 0.2) is 0 Å². The Balaban J connectivity index is 0.00000208. The summed E-state index contributed by atoms with van der Waals surface area (Å²) in [5.74, 6) is 0.0109. The Hall–Kier alpha value is -0.870. The molecule has 2 unspecified atom stereocenters. The van der Waals surface area contributed by atoms with Crippen molar-refractivity contribution >= 4 is 22.4 Å². The maximum Gasteiger partial charge on any atom is 0.416 e. The molecule has 2 fully saturated rings. The molecule has 0 saturated carbocycles. The van der Waals surface area contributed by atoms with Crippen LogP contribution in [0.25, 0.3) is 0 Å². The van der Waals surface area contributed by atoms with Gasteiger partial charge in [-0.2, -0.15) is 17.5 Å². The summed E-state index contributed by atoms with van der Waals surface area (Å²) in [7, 11) is -3.86. The van der Waals surface area contributed by atoms with Gasteiger partial charge in [-0.15, -0.1) is 12.4 Å². The lowest BCUT2D eigenvalue weighted by atomic mass is 9.82. The molecule has 24 heavy (non-hydrogen) atoms. The van der Waals surface area contributed by atoms with E-state index in [1.165, 1.54) is 4.31 Å². The number of rotatable bonds is 3. The van der Waals surface area contributed by atoms with Gasteiger partial charge >= 0.3 is 6.18 Å². The van der Waals surface area contributed by atoms with Crippen LogP contribution < -0.4 is 5.32 Å². The zero-order valence-corrected chi connectivity index (χ0v) is 14.2. The van der Waals surface area contributed by atoms with Crippen molar-refractivity contribution in [2.24, 2.45) is 11.3 Å². The van der Waals surface area contributed by atoms with Crippen LogP contribution in [0.15, 0.2) is 29.2 Å². The SMILES string of the molecule is Cl.O=S(=O)(c1ccc(C(F)(F)F)cc1)N1CC2CNCC2(CO)C1. The molecule has 5 nitrogen and oxygen atoms in total. The van der Waals surface area contributed by atoms with E-state index in [2.05, 4.69) is 5.32 Å². The molecular formula is C14H18ClF3N2O3S. The number of benzene rings is 1. The second-order valence-corrected chi connectivity index (χ2v) is 8.11. The fraction of sp³-hybridized carbons (Fsp3) is 0.571. The molecule has 0 aliphatic carbocycles. The lowest BCUT2D eigenvalue weighted by Gasteiger charge is -2.25. The molecule has 136 valence electrons. The zero-order valence-electron chi connectivity index (χ0n) is 12.6. The first-order valence-electron chi connectivity index (χ1n) is 7.18. The lowest BCUT2D eigenvalue weighted by Crippen LogP contribution is -2.37. The average molecular weight is 387 g/mol. The van der Waals surface area contributed by atoms with E-state index in [1.807, 2.05) is 0 Å². The summed E-state index contributed by atoms with van der Waals surface area (Å²) < 4.78 is 64.2. The Morgan fingerprint density at radius 2 is 1.92 bits per heavy atom. The highest BCUT2D eigenvalue weighted by Crippen LogP contribution is 2.41. The lowest BCUT2D eigenvalue weighted by molar-refractivity contribution is -0.137. The van der Waals surface area contributed by atoms with Crippen molar-refractivity contribution < 1.29 is 26.7 Å². The minimum atomic E-state index is -4.50. The monoisotopic (exact) mass is 386 g/mol. The van der Waals surface area contributed by atoms with Gasteiger partial charge in [0.25, 0.3) is 0 Å². The highest BCUT2D eigenvalue weighted by atomic mass is 35.5. The first-order valence-corrected chi connectivity index (χ1v) is 8.62. The highest BCUT2D eigenvalue weighted by Gasteiger charge is 2.52. The van der Waals surface area contributed by atoms with Gasteiger partial charge in [-0.25, -0.2) is 8.42 Å². The molecule has 0 aromatic heterocycles. The van der Waals surface area contributed by atoms with Crippen LogP contribution in [0.2, 0.25) is 0 Å². The molecule has 2 aliphatic heterocycles. The predicted octanol–water partition coefficient (Wildman–Crippen LogP) is 1.33. The number of aliphatic hydroxyl groups is 1. The number of halogens is 4. The maximum absolute atomic E-state index is 12.6. The fourth-order valence-corrected chi connectivity index (χ4v) is 4.93. The predicted molar refractivity (Wildman–Crippen MR) is 83.3 cm³/mol. The third-order valence-electron chi connectivity index (χ3n) is 4.78. The number of sulfonamides is 1. The Bertz CT molecular complexity index is 696. The molecule has 2 aliphatic rings. The Kier molecular flexibility index (Phi) is 5.23. The molecule has 2 saturated heterocycles. The summed E-state index contributed by atoms with van der Waals surface area (Å²) in [6, 6.07) is 3.51. The van der Waals surface area contributed by atoms with Gasteiger partial charge in [-0.3, -0.25) is 0 Å². The van der Waals surface area contributed by atoms with Gasteiger partial charge in [0.1, 0.15) is 0 Å². The van der Waals surface area contributed by atoms with Crippen molar-refractivity contribution in [3.8, 4) is 0 Å². The van der Waals surface area contributed by atoms with E-state index in [0.29, 0.717) is 13.1 Å². The first kappa shape index (κ1) is 19.5. The quantitative estimate of drug-likeness (QED) is 0.822. The molecule has 2 atom stereocenters. The summed E-state index contributed by atoms with van der Waals surface area (Å²) in [5.41, 5.74) is -1.38. The van der Waals surface area contributed by atoms with Gasteiger partial charge in [0.2, 0.25) is 10.0 Å². The minimum Gasteiger partial charge on any atom is -0.396 e. The molecule has 2 heterocycles. The second kappa shape index (κ2) is 6.45. The number of nitrogens with zero attached hydrogens (tertiary/aromatic N) is 1. The van der Waals surface area contributed by atoms with Crippen molar-refractivity contribution in [2.75, 3.05) is 32.8 Å². The van der Waals surface area contributed by atoms with Crippen LogP contribution in [0.5, 0.6) is 0 Å². The van der Waals surface area contributed by atoms with Crippen molar-refractivity contribution in [2.45, 2.75) is 11.1 Å². The van der Waals surface area contributed by atoms with Gasteiger partial charge in [0, 0.05) is 25.0 Å². The zero-order chi connectivity index (χ0) is 16.9. The molecule has 10 heteroatoms. The first-order chi connectivity index (χ1) is 10.7. The van der Waals surface area contributed by atoms with Crippen LogP contribution in [-0.2, 0) is 16.2 Å². The van der Waals surface area contributed by atoms with Gasteiger partial charge in [-0.05, 0) is 36.7 Å². The number of hydrogen-bond acceptors (Lipinski definition) is 4. The summed E-state index contributed by atoms with van der Waals surface area (Å²) in [6.07, 6.45) is -4.50. The van der Waals surface area contributed by atoms with Crippen LogP contribution in [0.1, 0.15) is 5.56 Å². The van der Waals surface area contributed by atoms with Crippen LogP contribution in [-0.4, -0.2) is 50.6 Å². The maximum atomic E-state index is 12.6. The number of nitrogens with one attached hydrogen (secondary N) is 1. The van der Waals surface area contributed by atoms with E-state index in [1.54, 1.807) is 0 Å². The summed E-state index contributed by atoms with van der Waals surface area (Å²) in [5, 5.41) is 12.8. The van der Waals surface area contributed by atoms with E-state index in [9.17, 15) is 26.7 Å². The molecule has 1 aromatic carbocycles. The normalized spacial score (nSPS) is 27.8. The van der Waals surface area contributed by atoms with Gasteiger partial charge in [-0.1, -0.05) is 0 Å². The fourth-order valence-electron chi connectivity index (χ4n) is 3.34. The van der Waals surface area contributed by atoms with Crippen molar-refractivity contribution in [1.82, 2.24) is 9.62 Å². The Labute approximate surface area is 144 Å². The topological polar surface area (TPSA) is 69.6 Å². The van der Waals surface area contributed by atoms with Crippen molar-refractivity contribution in [3.63, 3.8) is 0 Å². The van der Waals surface area contributed by atoms with Crippen LogP contribution in [0.4, 0.5) is 13.2 Å². The van der Waals surface area contributed by atoms with E-state index in [-0.39, 0.29) is 42.9 Å². The molecule has 0 radical (unpaired) electrons. The third-order valence-corrected chi connectivity index (χ3v) is 6.61. The van der Waals surface area contributed by atoms with E-state index < -0.39 is 27.2 Å². The molecule has 1 aromatic rings. The average Bonchev–Trinajstić information content (AvgIpc) is 3.04. The van der Waals surface area contributed by atoms with Crippen LogP contribution in [0, 0.1) is 11.3 Å². The molecule has 0 bridgehead atoms. The van der Waals surface area contributed by atoms with Gasteiger partial charge < -0.3 is 10.4 Å². The summed E-state index contributed by atoms with van der Waals surface area (Å²) in [6.45, 7) is 1.47. The van der Waals surface area contributed by atoms with E-state index in [0.717, 1.165) is 24.3 Å². The van der Waals surface area contributed by atoms with Crippen LogP contribution in [0.3, 0.4) is 0 Å². The molecule has 3 rings (SSSR count). The van der Waals surface area contributed by atoms with Crippen molar-refractivity contribution in [1.29, 1.82) is 0 Å². The smallest absolute Gasteiger partial charge is 0.396 e. The van der Waals surface area contributed by atoms with E-state index in [4.69, 9.17) is 0 Å². The molecule has 0 amide bonds. The minimum absolute atomic E-state index is 0. The number of fused-ring (bicyclic) bond motifs is 1. The van der Waals surface area contributed by atoms with Crippen LogP contribution >= 0.6 is 12.4 Å². The second-order valence-electron chi connectivity index (χ2n) is 6.17. The molecule has 0 spiro atoms. The third kappa shape index (κ3) is 3.15. The molecule has 2 N–H and O–H groups in total. The number of hydrogen-bond donors (Lipinski definition) is 2. The number of alkyl halides is 3. The van der Waals surface area contributed by atoms with E-state index >= 15 is 0 Å². The molecular weight excluding hydrogens is 369 g/mol. The summed E-state index contributed by atoms with van der Waals surface area (Å²) >= 11 is 0. The summed E-state index contributed by atoms with van der Waals surface area (Å²) in [4.78, 5) is -0.161.